The van der Waals surface area contributed by atoms with Crippen LogP contribution in [0.5, 0.6) is 0 Å². The van der Waals surface area contributed by atoms with Crippen molar-refractivity contribution in [3.05, 3.63) is 76.1 Å². The van der Waals surface area contributed by atoms with Gasteiger partial charge in [0, 0.05) is 48.8 Å². The standard InChI is InChI=1S/C29H27ClN6O5S2/c1-5-16-11-20(22(31-12-16)27(37)35(2)3)43-29-25(38-4)23(36-13-18(33-34-36)26-32-21(30)15-42-26)24-19(40-29)14-39-28(41-24)17-9-7-6-8-10-17/h1,6-13,15,19,23-25,28-29H,14H2,2-4H3/t19?,23-,24-,25?,28?,29+/m0/s1. The second-order valence-corrected chi connectivity index (χ2v) is 12.4. The second-order valence-electron chi connectivity index (χ2n) is 10.0. The number of thiazole rings is 1. The summed E-state index contributed by atoms with van der Waals surface area (Å²) in [6.07, 6.45) is 6.75. The minimum absolute atomic E-state index is 0.254. The highest BCUT2D eigenvalue weighted by Gasteiger charge is 2.52. The summed E-state index contributed by atoms with van der Waals surface area (Å²) in [5.74, 6) is 2.34. The maximum absolute atomic E-state index is 13.0. The number of ether oxygens (including phenoxy) is 4. The number of amides is 1. The van der Waals surface area contributed by atoms with Crippen molar-refractivity contribution in [3.63, 3.8) is 0 Å². The predicted molar refractivity (Wildman–Crippen MR) is 161 cm³/mol. The lowest BCUT2D eigenvalue weighted by Gasteiger charge is -2.48. The third-order valence-corrected chi connectivity index (χ3v) is 9.40. The summed E-state index contributed by atoms with van der Waals surface area (Å²) in [7, 11) is 4.94. The first-order chi connectivity index (χ1) is 20.9. The fraction of sp³-hybridized carbons (Fsp3) is 0.345. The molecule has 3 aromatic heterocycles. The van der Waals surface area contributed by atoms with Crippen LogP contribution in [0.25, 0.3) is 10.7 Å². The molecule has 0 bridgehead atoms. The van der Waals surface area contributed by atoms with Crippen LogP contribution in [-0.2, 0) is 18.9 Å². The van der Waals surface area contributed by atoms with Crippen LogP contribution in [0.1, 0.15) is 33.9 Å². The van der Waals surface area contributed by atoms with Crippen molar-refractivity contribution in [1.82, 2.24) is 29.9 Å². The van der Waals surface area contributed by atoms with E-state index in [0.717, 1.165) is 5.56 Å². The first-order valence-corrected chi connectivity index (χ1v) is 15.4. The van der Waals surface area contributed by atoms with Gasteiger partial charge in [-0.2, -0.15) is 0 Å². The summed E-state index contributed by atoms with van der Waals surface area (Å²) < 4.78 is 27.1. The summed E-state index contributed by atoms with van der Waals surface area (Å²) >= 11 is 8.75. The summed E-state index contributed by atoms with van der Waals surface area (Å²) in [5, 5.41) is 11.6. The Bertz CT molecular complexity index is 1640. The average Bonchev–Trinajstić information content (AvgIpc) is 3.69. The fourth-order valence-corrected chi connectivity index (χ4v) is 7.19. The first kappa shape index (κ1) is 29.7. The van der Waals surface area contributed by atoms with Gasteiger partial charge in [0.1, 0.15) is 51.3 Å². The van der Waals surface area contributed by atoms with Crippen LogP contribution in [0, 0.1) is 12.3 Å². The Morgan fingerprint density at radius 1 is 1.28 bits per heavy atom. The van der Waals surface area contributed by atoms with E-state index in [9.17, 15) is 4.79 Å². The summed E-state index contributed by atoms with van der Waals surface area (Å²) in [6, 6.07) is 11.0. The van der Waals surface area contributed by atoms with E-state index in [1.165, 1.54) is 34.2 Å². The number of aromatic nitrogens is 5. The fourth-order valence-electron chi connectivity index (χ4n) is 5.00. The third kappa shape index (κ3) is 6.05. The number of hydrogen-bond donors (Lipinski definition) is 0. The van der Waals surface area contributed by atoms with Gasteiger partial charge in [-0.15, -0.1) is 22.9 Å². The molecule has 2 saturated heterocycles. The van der Waals surface area contributed by atoms with E-state index in [0.29, 0.717) is 26.3 Å². The summed E-state index contributed by atoms with van der Waals surface area (Å²) in [6.45, 7) is 0.254. The highest BCUT2D eigenvalue weighted by Crippen LogP contribution is 2.45. The zero-order valence-electron chi connectivity index (χ0n) is 23.4. The number of benzene rings is 1. The molecule has 5 heterocycles. The molecular weight excluding hydrogens is 612 g/mol. The van der Waals surface area contributed by atoms with Crippen LogP contribution in [0.15, 0.2) is 59.1 Å². The maximum Gasteiger partial charge on any atom is 0.273 e. The van der Waals surface area contributed by atoms with Crippen molar-refractivity contribution in [3.8, 4) is 23.0 Å². The van der Waals surface area contributed by atoms with Gasteiger partial charge in [-0.25, -0.2) is 14.6 Å². The van der Waals surface area contributed by atoms with Gasteiger partial charge in [-0.1, -0.05) is 64.8 Å². The van der Waals surface area contributed by atoms with Gasteiger partial charge in [0.2, 0.25) is 0 Å². The molecule has 0 spiro atoms. The molecule has 0 radical (unpaired) electrons. The van der Waals surface area contributed by atoms with Crippen LogP contribution in [-0.4, -0.2) is 87.3 Å². The normalized spacial score (nSPS) is 25.1. The quantitative estimate of drug-likeness (QED) is 0.271. The molecule has 0 N–H and O–H groups in total. The third-order valence-electron chi connectivity index (χ3n) is 7.04. The van der Waals surface area contributed by atoms with E-state index in [2.05, 4.69) is 26.2 Å². The Morgan fingerprint density at radius 2 is 2.09 bits per heavy atom. The lowest BCUT2D eigenvalue weighted by atomic mass is 9.96. The second kappa shape index (κ2) is 12.7. The van der Waals surface area contributed by atoms with Gasteiger partial charge < -0.3 is 23.8 Å². The number of nitrogens with zero attached hydrogens (tertiary/aromatic N) is 6. The minimum atomic E-state index is -0.623. The number of thioether (sulfide) groups is 1. The summed E-state index contributed by atoms with van der Waals surface area (Å²) in [5.41, 5.74) is 1.62. The lowest BCUT2D eigenvalue weighted by molar-refractivity contribution is -0.308. The first-order valence-electron chi connectivity index (χ1n) is 13.2. The molecule has 2 aliphatic heterocycles. The van der Waals surface area contributed by atoms with Gasteiger partial charge in [0.25, 0.3) is 5.91 Å². The smallest absolute Gasteiger partial charge is 0.273 e. The van der Waals surface area contributed by atoms with Crippen molar-refractivity contribution < 1.29 is 23.7 Å². The molecule has 4 aromatic rings. The number of terminal acetylenes is 1. The molecule has 6 rings (SSSR count). The van der Waals surface area contributed by atoms with Crippen molar-refractivity contribution in [2.75, 3.05) is 27.8 Å². The van der Waals surface area contributed by atoms with Crippen LogP contribution in [0.2, 0.25) is 5.15 Å². The molecule has 2 fully saturated rings. The predicted octanol–water partition coefficient (Wildman–Crippen LogP) is 4.32. The molecule has 2 aliphatic rings. The number of fused-ring (bicyclic) bond motifs is 1. The minimum Gasteiger partial charge on any atom is -0.375 e. The highest BCUT2D eigenvalue weighted by atomic mass is 35.5. The van der Waals surface area contributed by atoms with Gasteiger partial charge in [0.05, 0.1) is 12.8 Å². The van der Waals surface area contributed by atoms with Gasteiger partial charge >= 0.3 is 0 Å². The van der Waals surface area contributed by atoms with Crippen LogP contribution < -0.4 is 0 Å². The maximum atomic E-state index is 13.0. The number of methoxy groups -OCH3 is 1. The average molecular weight is 639 g/mol. The Balaban J connectivity index is 1.38. The largest absolute Gasteiger partial charge is 0.375 e. The number of hydrogen-bond acceptors (Lipinski definition) is 11. The van der Waals surface area contributed by atoms with Gasteiger partial charge in [-0.3, -0.25) is 4.79 Å². The molecule has 3 unspecified atom stereocenters. The Morgan fingerprint density at radius 3 is 2.79 bits per heavy atom. The number of carbonyl (C=O) groups is 1. The Kier molecular flexibility index (Phi) is 8.78. The lowest BCUT2D eigenvalue weighted by Crippen LogP contribution is -2.59. The zero-order chi connectivity index (χ0) is 30.1. The molecule has 0 aliphatic carbocycles. The van der Waals surface area contributed by atoms with E-state index in [1.54, 1.807) is 43.5 Å². The number of rotatable bonds is 7. The van der Waals surface area contributed by atoms with Crippen LogP contribution in [0.4, 0.5) is 0 Å². The van der Waals surface area contributed by atoms with E-state index < -0.39 is 36.1 Å². The molecule has 14 heteroatoms. The number of halogens is 1. The van der Waals surface area contributed by atoms with E-state index in [-0.39, 0.29) is 18.2 Å². The van der Waals surface area contributed by atoms with E-state index in [4.69, 9.17) is 37.0 Å². The van der Waals surface area contributed by atoms with Crippen molar-refractivity contribution in [1.29, 1.82) is 0 Å². The number of pyridine rings is 1. The van der Waals surface area contributed by atoms with Crippen molar-refractivity contribution in [2.45, 2.75) is 41.0 Å². The molecule has 0 saturated carbocycles. The van der Waals surface area contributed by atoms with Gasteiger partial charge in [0.15, 0.2) is 6.29 Å². The molecule has 1 amide bonds. The van der Waals surface area contributed by atoms with E-state index in [1.807, 2.05) is 30.3 Å². The molecular formula is C29H27ClN6O5S2. The number of carbonyl (C=O) groups excluding carboxylic acids is 1. The van der Waals surface area contributed by atoms with E-state index >= 15 is 0 Å². The summed E-state index contributed by atoms with van der Waals surface area (Å²) in [4.78, 5) is 23.8. The highest BCUT2D eigenvalue weighted by molar-refractivity contribution is 8.00. The van der Waals surface area contributed by atoms with Gasteiger partial charge in [-0.05, 0) is 6.07 Å². The molecule has 6 atom stereocenters. The van der Waals surface area contributed by atoms with Crippen molar-refractivity contribution >= 4 is 40.6 Å². The Labute approximate surface area is 261 Å². The molecule has 222 valence electrons. The molecule has 11 nitrogen and oxygen atoms in total. The van der Waals surface area contributed by atoms with Crippen LogP contribution >= 0.6 is 34.7 Å². The topological polar surface area (TPSA) is 114 Å². The monoisotopic (exact) mass is 638 g/mol. The zero-order valence-corrected chi connectivity index (χ0v) is 25.8. The van der Waals surface area contributed by atoms with Crippen LogP contribution in [0.3, 0.4) is 0 Å². The Hall–Kier alpha value is -3.35. The van der Waals surface area contributed by atoms with Crippen molar-refractivity contribution in [2.24, 2.45) is 0 Å². The molecule has 1 aromatic carbocycles. The molecule has 43 heavy (non-hydrogen) atoms. The SMILES string of the molecule is C#Cc1cnc(C(=O)N(C)C)c(S[C@H]2OC3COC(c4ccccc4)O[C@@H]3[C@H](n3cc(-c4nc(Cl)cs4)nn3)C2OC)c1.